The Kier molecular flexibility index (Phi) is 7.03. The fourth-order valence-corrected chi connectivity index (χ4v) is 4.19. The fraction of sp³-hybridized carbons (Fsp3) is 0.600. The molecule has 1 heterocycles. The first-order valence-corrected chi connectivity index (χ1v) is 9.83. The van der Waals surface area contributed by atoms with Crippen LogP contribution < -0.4 is 5.73 Å². The Morgan fingerprint density at radius 1 is 1.21 bits per heavy atom. The summed E-state index contributed by atoms with van der Waals surface area (Å²) in [5.74, 6) is -0.106. The second-order valence-electron chi connectivity index (χ2n) is 7.94. The molecule has 8 heteroatoms. The number of nitrogens with two attached hydrogens (primary N) is 1. The first kappa shape index (κ1) is 22.9. The Bertz CT molecular complexity index is 735. The predicted octanol–water partition coefficient (Wildman–Crippen LogP) is 2.58. The first-order chi connectivity index (χ1) is 12.7. The van der Waals surface area contributed by atoms with Crippen molar-refractivity contribution in [1.29, 1.82) is 0 Å². The molecule has 0 radical (unpaired) electrons. The van der Waals surface area contributed by atoms with Crippen LogP contribution in [0.5, 0.6) is 0 Å². The number of piperazine rings is 1. The molecule has 1 aromatic rings. The van der Waals surface area contributed by atoms with Gasteiger partial charge >= 0.3 is 0 Å². The van der Waals surface area contributed by atoms with Gasteiger partial charge in [0.1, 0.15) is 5.54 Å². The van der Waals surface area contributed by atoms with Gasteiger partial charge in [-0.2, -0.15) is 0 Å². The smallest absolute Gasteiger partial charge is 0.254 e. The van der Waals surface area contributed by atoms with E-state index in [1.54, 1.807) is 34.1 Å². The highest BCUT2D eigenvalue weighted by atomic mass is 35.5. The van der Waals surface area contributed by atoms with Crippen LogP contribution in [-0.4, -0.2) is 66.0 Å². The Labute approximate surface area is 177 Å². The molecule has 2 unspecified atom stereocenters. The number of carbonyl (C=O) groups is 2. The zero-order valence-corrected chi connectivity index (χ0v) is 18.2. The molecular formula is C20H29Cl2N3O3. The number of halogens is 2. The highest BCUT2D eigenvalue weighted by Gasteiger charge is 2.63. The molecule has 156 valence electrons. The quantitative estimate of drug-likeness (QED) is 0.797. The summed E-state index contributed by atoms with van der Waals surface area (Å²) in [4.78, 5) is 29.3. The van der Waals surface area contributed by atoms with E-state index >= 15 is 0 Å². The summed E-state index contributed by atoms with van der Waals surface area (Å²) in [7, 11) is 0. The Morgan fingerprint density at radius 2 is 1.82 bits per heavy atom. The highest BCUT2D eigenvalue weighted by Crippen LogP contribution is 2.50. The SMILES string of the molecule is CCOC1CC(N)(C(=O)N2CCN(C(=O)c3cccc(Cl)c3)CC2)C1(C)C.Cl. The minimum absolute atomic E-state index is 0. The summed E-state index contributed by atoms with van der Waals surface area (Å²) in [6.45, 7) is 8.50. The molecule has 2 N–H and O–H groups in total. The van der Waals surface area contributed by atoms with Crippen molar-refractivity contribution >= 4 is 35.8 Å². The molecule has 1 saturated heterocycles. The van der Waals surface area contributed by atoms with E-state index in [0.717, 1.165) is 0 Å². The molecule has 1 aliphatic heterocycles. The maximum absolute atomic E-state index is 13.1. The maximum atomic E-state index is 13.1. The van der Waals surface area contributed by atoms with Gasteiger partial charge in [-0.3, -0.25) is 9.59 Å². The minimum atomic E-state index is -0.911. The topological polar surface area (TPSA) is 75.9 Å². The standard InChI is InChI=1S/C20H28ClN3O3.ClH/c1-4-27-16-13-20(22,19(16,2)3)18(26)24-10-8-23(9-11-24)17(25)14-6-5-7-15(21)12-14;/h5-7,12,16H,4,8-11,13,22H2,1-3H3;1H. The van der Waals surface area contributed by atoms with Gasteiger partial charge in [0, 0.05) is 55.2 Å². The third-order valence-corrected chi connectivity index (χ3v) is 6.37. The van der Waals surface area contributed by atoms with Crippen molar-refractivity contribution in [1.82, 2.24) is 9.80 Å². The third kappa shape index (κ3) is 3.88. The van der Waals surface area contributed by atoms with Crippen LogP contribution >= 0.6 is 24.0 Å². The van der Waals surface area contributed by atoms with Crippen molar-refractivity contribution in [2.24, 2.45) is 11.1 Å². The average Bonchev–Trinajstić information content (AvgIpc) is 2.66. The second kappa shape index (κ2) is 8.57. The van der Waals surface area contributed by atoms with E-state index in [9.17, 15) is 9.59 Å². The highest BCUT2D eigenvalue weighted by molar-refractivity contribution is 6.30. The van der Waals surface area contributed by atoms with Gasteiger partial charge in [0.25, 0.3) is 5.91 Å². The van der Waals surface area contributed by atoms with E-state index in [2.05, 4.69) is 0 Å². The summed E-state index contributed by atoms with van der Waals surface area (Å²) in [6, 6.07) is 6.93. The molecule has 28 heavy (non-hydrogen) atoms. The summed E-state index contributed by atoms with van der Waals surface area (Å²) in [5, 5.41) is 0.538. The number of ether oxygens (including phenoxy) is 1. The van der Waals surface area contributed by atoms with Gasteiger partial charge in [-0.25, -0.2) is 0 Å². The number of amides is 2. The molecule has 1 saturated carbocycles. The number of hydrogen-bond donors (Lipinski definition) is 1. The zero-order chi connectivity index (χ0) is 19.8. The molecule has 0 aromatic heterocycles. The lowest BCUT2D eigenvalue weighted by molar-refractivity contribution is -0.180. The van der Waals surface area contributed by atoms with Crippen LogP contribution in [0.4, 0.5) is 0 Å². The van der Waals surface area contributed by atoms with E-state index in [4.69, 9.17) is 22.1 Å². The van der Waals surface area contributed by atoms with Gasteiger partial charge in [-0.05, 0) is 25.1 Å². The molecule has 1 aromatic carbocycles. The Hall–Kier alpha value is -1.34. The van der Waals surface area contributed by atoms with Crippen molar-refractivity contribution in [2.45, 2.75) is 38.8 Å². The summed E-state index contributed by atoms with van der Waals surface area (Å²) in [6.07, 6.45) is 0.538. The van der Waals surface area contributed by atoms with Crippen molar-refractivity contribution in [3.63, 3.8) is 0 Å². The fourth-order valence-electron chi connectivity index (χ4n) is 4.00. The largest absolute Gasteiger partial charge is 0.378 e. The van der Waals surface area contributed by atoms with Crippen molar-refractivity contribution in [3.05, 3.63) is 34.9 Å². The van der Waals surface area contributed by atoms with Gasteiger partial charge in [0.2, 0.25) is 5.91 Å². The zero-order valence-electron chi connectivity index (χ0n) is 16.6. The van der Waals surface area contributed by atoms with Crippen LogP contribution in [0.2, 0.25) is 5.02 Å². The number of hydrogen-bond acceptors (Lipinski definition) is 4. The maximum Gasteiger partial charge on any atom is 0.254 e. The van der Waals surface area contributed by atoms with Crippen LogP contribution in [0, 0.1) is 5.41 Å². The van der Waals surface area contributed by atoms with E-state index in [1.165, 1.54) is 0 Å². The van der Waals surface area contributed by atoms with Gasteiger partial charge in [0.15, 0.2) is 0 Å². The Balaban J connectivity index is 0.00000280. The number of benzene rings is 1. The summed E-state index contributed by atoms with van der Waals surface area (Å²) < 4.78 is 5.72. The molecule has 6 nitrogen and oxygen atoms in total. The van der Waals surface area contributed by atoms with Gasteiger partial charge in [-0.15, -0.1) is 12.4 Å². The second-order valence-corrected chi connectivity index (χ2v) is 8.37. The number of rotatable bonds is 4. The molecule has 2 atom stereocenters. The summed E-state index contributed by atoms with van der Waals surface area (Å²) >= 11 is 5.98. The number of carbonyl (C=O) groups excluding carboxylic acids is 2. The van der Waals surface area contributed by atoms with Crippen molar-refractivity contribution in [3.8, 4) is 0 Å². The van der Waals surface area contributed by atoms with E-state index in [-0.39, 0.29) is 30.3 Å². The lowest BCUT2D eigenvalue weighted by atomic mass is 9.54. The predicted molar refractivity (Wildman–Crippen MR) is 112 cm³/mol. The lowest BCUT2D eigenvalue weighted by Crippen LogP contribution is -2.76. The van der Waals surface area contributed by atoms with Gasteiger partial charge < -0.3 is 20.3 Å². The first-order valence-electron chi connectivity index (χ1n) is 9.45. The molecule has 0 bridgehead atoms. The van der Waals surface area contributed by atoms with Gasteiger partial charge in [0.05, 0.1) is 6.10 Å². The number of nitrogens with zero attached hydrogens (tertiary/aromatic N) is 2. The van der Waals surface area contributed by atoms with Crippen molar-refractivity contribution < 1.29 is 14.3 Å². The van der Waals surface area contributed by atoms with Gasteiger partial charge in [-0.1, -0.05) is 31.5 Å². The minimum Gasteiger partial charge on any atom is -0.378 e. The van der Waals surface area contributed by atoms with E-state index < -0.39 is 11.0 Å². The van der Waals surface area contributed by atoms with Crippen LogP contribution in [0.3, 0.4) is 0 Å². The molecule has 1 aliphatic carbocycles. The average molecular weight is 430 g/mol. The van der Waals surface area contributed by atoms with E-state index in [0.29, 0.717) is 49.8 Å². The molecule has 0 spiro atoms. The molecule has 2 amide bonds. The molecular weight excluding hydrogens is 401 g/mol. The van der Waals surface area contributed by atoms with Crippen LogP contribution in [0.25, 0.3) is 0 Å². The molecule has 2 aliphatic rings. The lowest BCUT2D eigenvalue weighted by Gasteiger charge is -2.59. The molecule has 3 rings (SSSR count). The van der Waals surface area contributed by atoms with Crippen LogP contribution in [0.1, 0.15) is 37.6 Å². The Morgan fingerprint density at radius 3 is 2.36 bits per heavy atom. The normalized spacial score (nSPS) is 26.2. The van der Waals surface area contributed by atoms with E-state index in [1.807, 2.05) is 20.8 Å². The molecule has 2 fully saturated rings. The summed E-state index contributed by atoms with van der Waals surface area (Å²) in [5.41, 5.74) is 5.76. The van der Waals surface area contributed by atoms with Crippen LogP contribution in [-0.2, 0) is 9.53 Å². The van der Waals surface area contributed by atoms with Crippen LogP contribution in [0.15, 0.2) is 24.3 Å². The third-order valence-electron chi connectivity index (χ3n) is 6.14. The monoisotopic (exact) mass is 429 g/mol. The van der Waals surface area contributed by atoms with Crippen molar-refractivity contribution in [2.75, 3.05) is 32.8 Å².